The predicted octanol–water partition coefficient (Wildman–Crippen LogP) is 6.33. The van der Waals surface area contributed by atoms with Gasteiger partial charge in [0.15, 0.2) is 0 Å². The molecule has 2 aliphatic rings. The van der Waals surface area contributed by atoms with Crippen molar-refractivity contribution in [3.05, 3.63) is 72.8 Å². The number of aromatic nitrogens is 1. The number of fused-ring (bicyclic) bond motifs is 2. The molecular formula is C27H24BNO2S. The summed E-state index contributed by atoms with van der Waals surface area (Å²) in [5, 5.41) is 1.24. The molecule has 2 aliphatic heterocycles. The first-order valence-corrected chi connectivity index (χ1v) is 11.8. The summed E-state index contributed by atoms with van der Waals surface area (Å²) in [7, 11) is -0.387. The van der Waals surface area contributed by atoms with Gasteiger partial charge in [-0.1, -0.05) is 60.3 Å². The number of pyridine rings is 1. The van der Waals surface area contributed by atoms with E-state index in [1.807, 2.05) is 11.8 Å². The van der Waals surface area contributed by atoms with Crippen LogP contribution in [0, 0.1) is 0 Å². The van der Waals surface area contributed by atoms with Crippen LogP contribution in [0.1, 0.15) is 27.7 Å². The number of hydrogen-bond acceptors (Lipinski definition) is 4. The van der Waals surface area contributed by atoms with E-state index in [4.69, 9.17) is 14.3 Å². The van der Waals surface area contributed by atoms with Crippen LogP contribution in [0.3, 0.4) is 0 Å². The molecule has 5 heteroatoms. The smallest absolute Gasteiger partial charge is 0.399 e. The van der Waals surface area contributed by atoms with Gasteiger partial charge in [-0.3, -0.25) is 0 Å². The lowest BCUT2D eigenvalue weighted by Crippen LogP contribution is -2.41. The molecule has 0 amide bonds. The fourth-order valence-electron chi connectivity index (χ4n) is 4.42. The minimum absolute atomic E-state index is 0.364. The normalized spacial score (nSPS) is 18.1. The maximum Gasteiger partial charge on any atom is 0.494 e. The van der Waals surface area contributed by atoms with Crippen LogP contribution in [0.2, 0.25) is 0 Å². The van der Waals surface area contributed by atoms with Gasteiger partial charge in [-0.15, -0.1) is 0 Å². The van der Waals surface area contributed by atoms with Crippen LogP contribution in [0.15, 0.2) is 82.6 Å². The van der Waals surface area contributed by atoms with Crippen molar-refractivity contribution in [1.82, 2.24) is 4.98 Å². The van der Waals surface area contributed by atoms with Gasteiger partial charge in [0.05, 0.1) is 22.4 Å². The second kappa shape index (κ2) is 6.95. The van der Waals surface area contributed by atoms with E-state index in [0.717, 1.165) is 22.2 Å². The number of hydrogen-bond donors (Lipinski definition) is 0. The molecule has 3 heterocycles. The van der Waals surface area contributed by atoms with Crippen molar-refractivity contribution in [2.75, 3.05) is 0 Å². The van der Waals surface area contributed by atoms with Crippen LogP contribution in [0.4, 0.5) is 0 Å². The summed E-state index contributed by atoms with van der Waals surface area (Å²) in [5.74, 6) is 0. The average Bonchev–Trinajstić information content (AvgIpc) is 3.01. The van der Waals surface area contributed by atoms with Crippen molar-refractivity contribution in [2.45, 2.75) is 48.7 Å². The van der Waals surface area contributed by atoms with Gasteiger partial charge in [0.1, 0.15) is 0 Å². The minimum atomic E-state index is -0.387. The first kappa shape index (κ1) is 20.0. The van der Waals surface area contributed by atoms with Crippen molar-refractivity contribution in [3.8, 4) is 22.4 Å². The van der Waals surface area contributed by atoms with E-state index in [2.05, 4.69) is 100 Å². The summed E-state index contributed by atoms with van der Waals surface area (Å²) in [5.41, 5.74) is 5.86. The monoisotopic (exact) mass is 437 g/mol. The van der Waals surface area contributed by atoms with Gasteiger partial charge < -0.3 is 9.31 Å². The number of rotatable bonds is 2. The Morgan fingerprint density at radius 3 is 2.28 bits per heavy atom. The molecule has 1 saturated heterocycles. The van der Waals surface area contributed by atoms with Crippen LogP contribution >= 0.6 is 11.8 Å². The van der Waals surface area contributed by atoms with Crippen molar-refractivity contribution in [3.63, 3.8) is 0 Å². The molecule has 32 heavy (non-hydrogen) atoms. The molecule has 6 rings (SSSR count). The Bertz CT molecular complexity index is 1370. The second-order valence-corrected chi connectivity index (χ2v) is 10.6. The number of benzene rings is 3. The molecule has 0 atom stereocenters. The van der Waals surface area contributed by atoms with Crippen LogP contribution in [-0.4, -0.2) is 23.3 Å². The lowest BCUT2D eigenvalue weighted by atomic mass is 9.78. The van der Waals surface area contributed by atoms with Gasteiger partial charge in [0.2, 0.25) is 0 Å². The van der Waals surface area contributed by atoms with E-state index in [-0.39, 0.29) is 18.3 Å². The SMILES string of the molecule is CC1(C)OB(c2cccc(-c3cc4c5c(cccc5n3)Sc3ccccc3-4)c2)OC1(C)C. The van der Waals surface area contributed by atoms with E-state index in [9.17, 15) is 0 Å². The standard InChI is InChI=1S/C27H24BNO2S/c1-26(2)27(3,4)31-28(30-26)18-10-7-9-17(15-18)22-16-20-19-11-5-6-13-23(19)32-24-14-8-12-21(29-22)25(20)24/h5-16H,1-4H3. The maximum atomic E-state index is 6.28. The van der Waals surface area contributed by atoms with Gasteiger partial charge in [0, 0.05) is 15.2 Å². The molecule has 0 radical (unpaired) electrons. The van der Waals surface area contributed by atoms with Crippen LogP contribution in [0.5, 0.6) is 0 Å². The molecule has 3 nitrogen and oxygen atoms in total. The third-order valence-corrected chi connectivity index (χ3v) is 8.04. The molecule has 1 aromatic heterocycles. The fraction of sp³-hybridized carbons (Fsp3) is 0.222. The third kappa shape index (κ3) is 3.03. The maximum absolute atomic E-state index is 6.28. The van der Waals surface area contributed by atoms with Crippen molar-refractivity contribution >= 4 is 35.2 Å². The Balaban J connectivity index is 1.48. The molecule has 4 aromatic rings. The highest BCUT2D eigenvalue weighted by atomic mass is 32.2. The van der Waals surface area contributed by atoms with E-state index >= 15 is 0 Å². The van der Waals surface area contributed by atoms with E-state index in [1.54, 1.807) is 0 Å². The Morgan fingerprint density at radius 1 is 0.750 bits per heavy atom. The third-order valence-electron chi connectivity index (χ3n) is 6.90. The molecule has 0 bridgehead atoms. The highest BCUT2D eigenvalue weighted by Gasteiger charge is 2.51. The Kier molecular flexibility index (Phi) is 4.35. The van der Waals surface area contributed by atoms with Crippen LogP contribution < -0.4 is 5.46 Å². The Labute approximate surface area is 193 Å². The Hall–Kier alpha value is -2.60. The van der Waals surface area contributed by atoms with Gasteiger partial charge in [0.25, 0.3) is 0 Å². The summed E-state index contributed by atoms with van der Waals surface area (Å²) < 4.78 is 12.6. The van der Waals surface area contributed by atoms with Gasteiger partial charge in [-0.2, -0.15) is 0 Å². The van der Waals surface area contributed by atoms with Crippen LogP contribution in [-0.2, 0) is 9.31 Å². The fourth-order valence-corrected chi connectivity index (χ4v) is 5.55. The van der Waals surface area contributed by atoms with Gasteiger partial charge in [-0.25, -0.2) is 4.98 Å². The zero-order valence-corrected chi connectivity index (χ0v) is 19.5. The van der Waals surface area contributed by atoms with Gasteiger partial charge in [-0.05, 0) is 74.1 Å². The van der Waals surface area contributed by atoms with Crippen molar-refractivity contribution < 1.29 is 9.31 Å². The molecular weight excluding hydrogens is 413 g/mol. The molecule has 0 N–H and O–H groups in total. The van der Waals surface area contributed by atoms with Crippen molar-refractivity contribution in [2.24, 2.45) is 0 Å². The lowest BCUT2D eigenvalue weighted by Gasteiger charge is -2.32. The molecule has 0 saturated carbocycles. The zero-order valence-electron chi connectivity index (χ0n) is 18.7. The molecule has 3 aromatic carbocycles. The first-order valence-electron chi connectivity index (χ1n) is 11.0. The molecule has 0 spiro atoms. The van der Waals surface area contributed by atoms with Crippen LogP contribution in [0.25, 0.3) is 33.3 Å². The lowest BCUT2D eigenvalue weighted by molar-refractivity contribution is 0.00578. The summed E-state index contributed by atoms with van der Waals surface area (Å²) in [6.07, 6.45) is 0. The molecule has 1 fully saturated rings. The van der Waals surface area contributed by atoms with Crippen molar-refractivity contribution in [1.29, 1.82) is 0 Å². The van der Waals surface area contributed by atoms with E-state index in [0.29, 0.717) is 0 Å². The summed E-state index contributed by atoms with van der Waals surface area (Å²) in [6.45, 7) is 8.33. The highest BCUT2D eigenvalue weighted by molar-refractivity contribution is 7.99. The first-order chi connectivity index (χ1) is 15.3. The van der Waals surface area contributed by atoms with Gasteiger partial charge >= 0.3 is 7.12 Å². The molecule has 0 unspecified atom stereocenters. The summed E-state index contributed by atoms with van der Waals surface area (Å²) in [4.78, 5) is 7.60. The predicted molar refractivity (Wildman–Crippen MR) is 132 cm³/mol. The molecule has 0 aliphatic carbocycles. The van der Waals surface area contributed by atoms with E-state index in [1.165, 1.54) is 26.3 Å². The topological polar surface area (TPSA) is 31.4 Å². The van der Waals surface area contributed by atoms with E-state index < -0.39 is 0 Å². The quantitative estimate of drug-likeness (QED) is 0.302. The second-order valence-electron chi connectivity index (χ2n) is 9.52. The number of nitrogens with zero attached hydrogens (tertiary/aromatic N) is 1. The Morgan fingerprint density at radius 2 is 1.47 bits per heavy atom. The summed E-state index contributed by atoms with van der Waals surface area (Å²) in [6, 6.07) is 25.6. The largest absolute Gasteiger partial charge is 0.494 e. The molecule has 158 valence electrons. The minimum Gasteiger partial charge on any atom is -0.399 e. The highest BCUT2D eigenvalue weighted by Crippen LogP contribution is 2.48. The summed E-state index contributed by atoms with van der Waals surface area (Å²) >= 11 is 1.82. The average molecular weight is 437 g/mol. The zero-order chi connectivity index (χ0) is 22.1.